The first-order chi connectivity index (χ1) is 11.8. The first kappa shape index (κ1) is 19.7. The number of benzene rings is 1. The molecule has 6 nitrogen and oxygen atoms in total. The van der Waals surface area contributed by atoms with E-state index in [1.54, 1.807) is 19.2 Å². The van der Waals surface area contributed by atoms with Gasteiger partial charge in [0.05, 0.1) is 4.90 Å². The van der Waals surface area contributed by atoms with Crippen molar-refractivity contribution in [2.24, 2.45) is 10.4 Å². The van der Waals surface area contributed by atoms with E-state index in [4.69, 9.17) is 0 Å². The Labute approximate surface area is 151 Å². The molecule has 0 radical (unpaired) electrons. The SMILES string of the molecule is CCC1(CNC(=NC)NCc2ccc(S(=O)(=O)N(C)C)cc2)CCC1. The normalized spacial score (nSPS) is 17.2. The summed E-state index contributed by atoms with van der Waals surface area (Å²) < 4.78 is 25.4. The molecule has 1 fully saturated rings. The van der Waals surface area contributed by atoms with Gasteiger partial charge in [-0.2, -0.15) is 0 Å². The van der Waals surface area contributed by atoms with Crippen LogP contribution in [0.1, 0.15) is 38.2 Å². The number of sulfonamides is 1. The van der Waals surface area contributed by atoms with Crippen LogP contribution in [-0.4, -0.2) is 46.4 Å². The van der Waals surface area contributed by atoms with Crippen molar-refractivity contribution in [3.8, 4) is 0 Å². The van der Waals surface area contributed by atoms with Crippen LogP contribution in [0.15, 0.2) is 34.2 Å². The summed E-state index contributed by atoms with van der Waals surface area (Å²) in [5, 5.41) is 6.71. The number of rotatable bonds is 7. The number of hydrogen-bond donors (Lipinski definition) is 2. The quantitative estimate of drug-likeness (QED) is 0.573. The van der Waals surface area contributed by atoms with Crippen molar-refractivity contribution < 1.29 is 8.42 Å². The van der Waals surface area contributed by atoms with Crippen LogP contribution >= 0.6 is 0 Å². The highest BCUT2D eigenvalue weighted by Gasteiger charge is 2.34. The van der Waals surface area contributed by atoms with Crippen LogP contribution < -0.4 is 10.6 Å². The van der Waals surface area contributed by atoms with E-state index in [1.807, 2.05) is 12.1 Å². The Hall–Kier alpha value is -1.60. The van der Waals surface area contributed by atoms with E-state index in [2.05, 4.69) is 22.5 Å². The maximum atomic E-state index is 12.1. The van der Waals surface area contributed by atoms with E-state index in [-0.39, 0.29) is 0 Å². The van der Waals surface area contributed by atoms with Crippen LogP contribution in [0.3, 0.4) is 0 Å². The minimum absolute atomic E-state index is 0.304. The molecule has 7 heteroatoms. The van der Waals surface area contributed by atoms with Crippen molar-refractivity contribution >= 4 is 16.0 Å². The molecule has 0 heterocycles. The Morgan fingerprint density at radius 3 is 2.28 bits per heavy atom. The minimum Gasteiger partial charge on any atom is -0.356 e. The first-order valence-electron chi connectivity index (χ1n) is 8.79. The third-order valence-corrected chi connectivity index (χ3v) is 7.01. The van der Waals surface area contributed by atoms with Gasteiger partial charge in [-0.3, -0.25) is 4.99 Å². The Morgan fingerprint density at radius 1 is 1.20 bits per heavy atom. The van der Waals surface area contributed by atoms with Gasteiger partial charge in [-0.1, -0.05) is 25.5 Å². The smallest absolute Gasteiger partial charge is 0.242 e. The summed E-state index contributed by atoms with van der Waals surface area (Å²) in [5.74, 6) is 0.782. The van der Waals surface area contributed by atoms with Gasteiger partial charge in [0.1, 0.15) is 0 Å². The molecule has 1 aromatic rings. The Morgan fingerprint density at radius 2 is 1.84 bits per heavy atom. The molecular formula is C18H30N4O2S. The molecule has 25 heavy (non-hydrogen) atoms. The molecule has 1 aromatic carbocycles. The zero-order valence-corrected chi connectivity index (χ0v) is 16.5. The fourth-order valence-electron chi connectivity index (χ4n) is 3.00. The van der Waals surface area contributed by atoms with E-state index in [1.165, 1.54) is 44.1 Å². The highest BCUT2D eigenvalue weighted by atomic mass is 32.2. The largest absolute Gasteiger partial charge is 0.356 e. The average molecular weight is 367 g/mol. The van der Waals surface area contributed by atoms with Crippen molar-refractivity contribution in [3.63, 3.8) is 0 Å². The topological polar surface area (TPSA) is 73.8 Å². The van der Waals surface area contributed by atoms with Gasteiger partial charge in [-0.15, -0.1) is 0 Å². The van der Waals surface area contributed by atoms with E-state index >= 15 is 0 Å². The van der Waals surface area contributed by atoms with Crippen molar-refractivity contribution in [2.45, 2.75) is 44.0 Å². The van der Waals surface area contributed by atoms with E-state index in [0.29, 0.717) is 16.9 Å². The summed E-state index contributed by atoms with van der Waals surface area (Å²) in [5.41, 5.74) is 1.44. The molecule has 140 valence electrons. The van der Waals surface area contributed by atoms with Gasteiger partial charge in [-0.25, -0.2) is 12.7 Å². The molecule has 1 aliphatic carbocycles. The maximum absolute atomic E-state index is 12.1. The predicted molar refractivity (Wildman–Crippen MR) is 102 cm³/mol. The van der Waals surface area contributed by atoms with Gasteiger partial charge in [-0.05, 0) is 42.4 Å². The molecule has 0 amide bonds. The Kier molecular flexibility index (Phi) is 6.46. The first-order valence-corrected chi connectivity index (χ1v) is 10.2. The lowest BCUT2D eigenvalue weighted by atomic mass is 9.67. The highest BCUT2D eigenvalue weighted by Crippen LogP contribution is 2.42. The molecule has 0 spiro atoms. The van der Waals surface area contributed by atoms with Crippen LogP contribution in [0.4, 0.5) is 0 Å². The van der Waals surface area contributed by atoms with Gasteiger partial charge in [0.25, 0.3) is 0 Å². The van der Waals surface area contributed by atoms with Crippen molar-refractivity contribution in [1.82, 2.24) is 14.9 Å². The van der Waals surface area contributed by atoms with Crippen molar-refractivity contribution in [1.29, 1.82) is 0 Å². The van der Waals surface area contributed by atoms with Gasteiger partial charge in [0, 0.05) is 34.2 Å². The lowest BCUT2D eigenvalue weighted by molar-refractivity contribution is 0.131. The lowest BCUT2D eigenvalue weighted by Crippen LogP contribution is -2.46. The van der Waals surface area contributed by atoms with Gasteiger partial charge >= 0.3 is 0 Å². The zero-order valence-electron chi connectivity index (χ0n) is 15.7. The molecule has 2 N–H and O–H groups in total. The molecule has 0 unspecified atom stereocenters. The minimum atomic E-state index is -3.38. The third-order valence-electron chi connectivity index (χ3n) is 5.18. The van der Waals surface area contributed by atoms with Gasteiger partial charge in [0.15, 0.2) is 5.96 Å². The Balaban J connectivity index is 1.89. The summed E-state index contributed by atoms with van der Waals surface area (Å²) in [7, 11) is 1.45. The maximum Gasteiger partial charge on any atom is 0.242 e. The second-order valence-corrected chi connectivity index (χ2v) is 9.07. The number of nitrogens with one attached hydrogen (secondary N) is 2. The van der Waals surface area contributed by atoms with Crippen LogP contribution in [0.25, 0.3) is 0 Å². The van der Waals surface area contributed by atoms with E-state index in [9.17, 15) is 8.42 Å². The Bertz CT molecular complexity index is 687. The molecule has 1 aliphatic rings. The number of guanidine groups is 1. The van der Waals surface area contributed by atoms with Gasteiger partial charge in [0.2, 0.25) is 10.0 Å². The standard InChI is InChI=1S/C18H30N4O2S/c1-5-18(11-6-12-18)14-21-17(19-2)20-13-15-7-9-16(10-8-15)25(23,24)22(3)4/h7-10H,5-6,11-14H2,1-4H3,(H2,19,20,21). The summed E-state index contributed by atoms with van der Waals surface area (Å²) in [6.45, 7) is 3.80. The number of nitrogens with zero attached hydrogens (tertiary/aromatic N) is 2. The molecular weight excluding hydrogens is 336 g/mol. The fourth-order valence-corrected chi connectivity index (χ4v) is 3.90. The summed E-state index contributed by atoms with van der Waals surface area (Å²) in [6, 6.07) is 6.94. The molecule has 0 saturated heterocycles. The average Bonchev–Trinajstić information content (AvgIpc) is 2.57. The predicted octanol–water partition coefficient (Wildman–Crippen LogP) is 2.18. The second kappa shape index (κ2) is 8.19. The van der Waals surface area contributed by atoms with E-state index in [0.717, 1.165) is 18.1 Å². The highest BCUT2D eigenvalue weighted by molar-refractivity contribution is 7.89. The van der Waals surface area contributed by atoms with Gasteiger partial charge < -0.3 is 10.6 Å². The summed E-state index contributed by atoms with van der Waals surface area (Å²) in [6.07, 6.45) is 5.09. The molecule has 0 aliphatic heterocycles. The number of aliphatic imine (C=N–C) groups is 1. The van der Waals surface area contributed by atoms with E-state index < -0.39 is 10.0 Å². The van der Waals surface area contributed by atoms with Crippen LogP contribution in [0.5, 0.6) is 0 Å². The fraction of sp³-hybridized carbons (Fsp3) is 0.611. The molecule has 1 saturated carbocycles. The lowest BCUT2D eigenvalue weighted by Gasteiger charge is -2.41. The zero-order chi connectivity index (χ0) is 18.5. The monoisotopic (exact) mass is 366 g/mol. The van der Waals surface area contributed by atoms with Crippen molar-refractivity contribution in [2.75, 3.05) is 27.7 Å². The van der Waals surface area contributed by atoms with Crippen LogP contribution in [0, 0.1) is 5.41 Å². The molecule has 0 bridgehead atoms. The van der Waals surface area contributed by atoms with Crippen LogP contribution in [0.2, 0.25) is 0 Å². The molecule has 0 aromatic heterocycles. The van der Waals surface area contributed by atoms with Crippen LogP contribution in [-0.2, 0) is 16.6 Å². The summed E-state index contributed by atoms with van der Waals surface area (Å²) in [4.78, 5) is 4.58. The van der Waals surface area contributed by atoms with Crippen molar-refractivity contribution in [3.05, 3.63) is 29.8 Å². The molecule has 2 rings (SSSR count). The number of hydrogen-bond acceptors (Lipinski definition) is 3. The summed E-state index contributed by atoms with van der Waals surface area (Å²) >= 11 is 0. The third kappa shape index (κ3) is 4.73. The second-order valence-electron chi connectivity index (χ2n) is 6.92. The molecule has 0 atom stereocenters.